The average molecular weight is 256 g/mol. The maximum atomic E-state index is 11.0. The number of nitro groups is 1. The Hall–Kier alpha value is -1.88. The van der Waals surface area contributed by atoms with Crippen LogP contribution in [0.15, 0.2) is 24.3 Å². The topological polar surface area (TPSA) is 69.4 Å². The summed E-state index contributed by atoms with van der Waals surface area (Å²) in [4.78, 5) is 21.0. The minimum Gasteiger partial charge on any atom is -0.463 e. The molecule has 0 heterocycles. The van der Waals surface area contributed by atoms with Crippen molar-refractivity contribution in [1.29, 1.82) is 0 Å². The number of nitrogens with zero attached hydrogens (tertiary/aromatic N) is 1. The Morgan fingerprint density at radius 2 is 2.29 bits per heavy atom. The molecule has 0 bridgehead atoms. The van der Waals surface area contributed by atoms with E-state index in [2.05, 4.69) is 4.74 Å². The number of hydrogen-bond donors (Lipinski definition) is 0. The van der Waals surface area contributed by atoms with Crippen molar-refractivity contribution in [1.82, 2.24) is 0 Å². The summed E-state index contributed by atoms with van der Waals surface area (Å²) in [7, 11) is 0. The molecule has 0 radical (unpaired) electrons. The quantitative estimate of drug-likeness (QED) is 0.359. The highest BCUT2D eigenvalue weighted by Gasteiger charge is 2.11. The molecule has 1 aromatic rings. The number of carbonyl (C=O) groups is 1. The molecule has 1 rings (SSSR count). The lowest BCUT2D eigenvalue weighted by Crippen LogP contribution is -1.98. The fourth-order valence-corrected chi connectivity index (χ4v) is 1.39. The third-order valence-electron chi connectivity index (χ3n) is 1.87. The highest BCUT2D eigenvalue weighted by atomic mass is 35.5. The summed E-state index contributed by atoms with van der Waals surface area (Å²) >= 11 is 5.71. The van der Waals surface area contributed by atoms with Crippen molar-refractivity contribution in [2.24, 2.45) is 0 Å². The van der Waals surface area contributed by atoms with Crippen molar-refractivity contribution in [3.8, 4) is 0 Å². The molecule has 0 spiro atoms. The zero-order chi connectivity index (χ0) is 12.8. The van der Waals surface area contributed by atoms with Crippen LogP contribution in [-0.4, -0.2) is 17.5 Å². The van der Waals surface area contributed by atoms with E-state index in [4.69, 9.17) is 11.6 Å². The van der Waals surface area contributed by atoms with Crippen molar-refractivity contribution < 1.29 is 14.5 Å². The van der Waals surface area contributed by atoms with Crippen LogP contribution in [0.25, 0.3) is 6.08 Å². The average Bonchev–Trinajstić information content (AvgIpc) is 2.26. The van der Waals surface area contributed by atoms with Gasteiger partial charge in [0.05, 0.1) is 11.5 Å². The molecule has 1 aromatic carbocycles. The van der Waals surface area contributed by atoms with Gasteiger partial charge in [-0.3, -0.25) is 10.1 Å². The van der Waals surface area contributed by atoms with Crippen LogP contribution in [0.4, 0.5) is 5.69 Å². The van der Waals surface area contributed by atoms with Gasteiger partial charge in [-0.25, -0.2) is 4.79 Å². The van der Waals surface area contributed by atoms with Gasteiger partial charge in [-0.1, -0.05) is 11.6 Å². The van der Waals surface area contributed by atoms with E-state index in [-0.39, 0.29) is 10.7 Å². The predicted octanol–water partition coefficient (Wildman–Crippen LogP) is 2.82. The lowest BCUT2D eigenvalue weighted by molar-refractivity contribution is -0.384. The SMILES string of the molecule is CCOC(=O)/C=C\c1ccc([N+](=O)[O-])c(Cl)c1. The molecule has 0 saturated carbocycles. The Kier molecular flexibility index (Phi) is 4.66. The highest BCUT2D eigenvalue weighted by Crippen LogP contribution is 2.25. The smallest absolute Gasteiger partial charge is 0.330 e. The van der Waals surface area contributed by atoms with Crippen LogP contribution < -0.4 is 0 Å². The van der Waals surface area contributed by atoms with Crippen LogP contribution in [0.3, 0.4) is 0 Å². The third kappa shape index (κ3) is 3.88. The summed E-state index contributed by atoms with van der Waals surface area (Å²) in [5, 5.41) is 10.5. The summed E-state index contributed by atoms with van der Waals surface area (Å²) in [6.45, 7) is 2.00. The van der Waals surface area contributed by atoms with E-state index in [1.165, 1.54) is 30.4 Å². The van der Waals surface area contributed by atoms with Gasteiger partial charge in [0.25, 0.3) is 5.69 Å². The molecule has 5 nitrogen and oxygen atoms in total. The maximum absolute atomic E-state index is 11.0. The summed E-state index contributed by atoms with van der Waals surface area (Å²) in [6.07, 6.45) is 2.72. The molecular weight excluding hydrogens is 246 g/mol. The van der Waals surface area contributed by atoms with Gasteiger partial charge >= 0.3 is 5.97 Å². The number of carbonyl (C=O) groups excluding carboxylic acids is 1. The number of hydrogen-bond acceptors (Lipinski definition) is 4. The number of rotatable bonds is 4. The highest BCUT2D eigenvalue weighted by molar-refractivity contribution is 6.32. The first kappa shape index (κ1) is 13.2. The maximum Gasteiger partial charge on any atom is 0.330 e. The Morgan fingerprint density at radius 1 is 1.59 bits per heavy atom. The molecule has 0 saturated heterocycles. The summed E-state index contributed by atoms with van der Waals surface area (Å²) in [5.74, 6) is -0.470. The molecule has 90 valence electrons. The van der Waals surface area contributed by atoms with Gasteiger partial charge in [0.15, 0.2) is 0 Å². The van der Waals surface area contributed by atoms with Crippen LogP contribution in [0.1, 0.15) is 12.5 Å². The van der Waals surface area contributed by atoms with Crippen molar-refractivity contribution in [3.05, 3.63) is 45.0 Å². The van der Waals surface area contributed by atoms with Crippen LogP contribution in [0.2, 0.25) is 5.02 Å². The van der Waals surface area contributed by atoms with Gasteiger partial charge in [-0.05, 0) is 30.7 Å². The van der Waals surface area contributed by atoms with Gasteiger partial charge in [0.2, 0.25) is 0 Å². The van der Waals surface area contributed by atoms with E-state index in [9.17, 15) is 14.9 Å². The molecule has 0 atom stereocenters. The van der Waals surface area contributed by atoms with Crippen molar-refractivity contribution >= 4 is 29.3 Å². The second kappa shape index (κ2) is 6.00. The predicted molar refractivity (Wildman–Crippen MR) is 63.8 cm³/mol. The molecule has 0 N–H and O–H groups in total. The summed E-state index contributed by atoms with van der Waals surface area (Å²) in [5.41, 5.74) is 0.425. The molecule has 0 aliphatic rings. The van der Waals surface area contributed by atoms with E-state index < -0.39 is 10.9 Å². The Morgan fingerprint density at radius 3 is 2.82 bits per heavy atom. The van der Waals surface area contributed by atoms with Crippen LogP contribution >= 0.6 is 11.6 Å². The summed E-state index contributed by atoms with van der Waals surface area (Å²) in [6, 6.07) is 4.20. The second-order valence-corrected chi connectivity index (χ2v) is 3.46. The Bertz CT molecular complexity index is 471. The number of esters is 1. The van der Waals surface area contributed by atoms with E-state index in [1.54, 1.807) is 6.92 Å². The second-order valence-electron chi connectivity index (χ2n) is 3.05. The van der Waals surface area contributed by atoms with E-state index >= 15 is 0 Å². The zero-order valence-corrected chi connectivity index (χ0v) is 9.81. The Balaban J connectivity index is 2.84. The molecule has 0 fully saturated rings. The first-order valence-corrected chi connectivity index (χ1v) is 5.21. The molecular formula is C11H10ClNO4. The molecule has 0 unspecified atom stereocenters. The number of halogens is 1. The van der Waals surface area contributed by atoms with Crippen molar-refractivity contribution in [2.75, 3.05) is 6.61 Å². The number of ether oxygens (including phenoxy) is 1. The standard InChI is InChI=1S/C11H10ClNO4/c1-2-17-11(14)6-4-8-3-5-10(13(15)16)9(12)7-8/h3-7H,2H2,1H3/b6-4-. The molecule has 0 aliphatic heterocycles. The van der Waals surface area contributed by atoms with Gasteiger partial charge in [0, 0.05) is 12.1 Å². The zero-order valence-electron chi connectivity index (χ0n) is 9.05. The summed E-state index contributed by atoms with van der Waals surface area (Å²) < 4.78 is 4.69. The molecule has 0 amide bonds. The first-order chi connectivity index (χ1) is 8.04. The molecule has 6 heteroatoms. The third-order valence-corrected chi connectivity index (χ3v) is 2.17. The largest absolute Gasteiger partial charge is 0.463 e. The minimum atomic E-state index is -0.568. The number of nitro benzene ring substituents is 1. The fourth-order valence-electron chi connectivity index (χ4n) is 1.13. The monoisotopic (exact) mass is 255 g/mol. The lowest BCUT2D eigenvalue weighted by atomic mass is 10.2. The van der Waals surface area contributed by atoms with E-state index in [1.807, 2.05) is 0 Å². The van der Waals surface area contributed by atoms with Gasteiger partial charge in [-0.2, -0.15) is 0 Å². The van der Waals surface area contributed by atoms with E-state index in [0.717, 1.165) is 0 Å². The van der Waals surface area contributed by atoms with Gasteiger partial charge < -0.3 is 4.74 Å². The van der Waals surface area contributed by atoms with Crippen molar-refractivity contribution in [3.63, 3.8) is 0 Å². The molecule has 0 aliphatic carbocycles. The molecule has 0 aromatic heterocycles. The van der Waals surface area contributed by atoms with Crippen LogP contribution in [0, 0.1) is 10.1 Å². The Labute approximate surface area is 103 Å². The fraction of sp³-hybridized carbons (Fsp3) is 0.182. The number of benzene rings is 1. The van der Waals surface area contributed by atoms with Crippen LogP contribution in [-0.2, 0) is 9.53 Å². The normalized spacial score (nSPS) is 10.5. The van der Waals surface area contributed by atoms with Crippen molar-refractivity contribution in [2.45, 2.75) is 6.92 Å². The van der Waals surface area contributed by atoms with Gasteiger partial charge in [-0.15, -0.1) is 0 Å². The van der Waals surface area contributed by atoms with Gasteiger partial charge in [0.1, 0.15) is 5.02 Å². The minimum absolute atomic E-state index is 0.0287. The van der Waals surface area contributed by atoms with Crippen LogP contribution in [0.5, 0.6) is 0 Å². The van der Waals surface area contributed by atoms with E-state index in [0.29, 0.717) is 12.2 Å². The lowest BCUT2D eigenvalue weighted by Gasteiger charge is -1.97. The first-order valence-electron chi connectivity index (χ1n) is 4.83. The molecule has 17 heavy (non-hydrogen) atoms.